The van der Waals surface area contributed by atoms with Crippen LogP contribution >= 0.6 is 0 Å². The minimum atomic E-state index is -0.531. The van der Waals surface area contributed by atoms with Gasteiger partial charge in [-0.3, -0.25) is 4.79 Å². The molecular formula is C19H20N4O. The number of nitrogens with two attached hydrogens (primary N) is 1. The number of rotatable bonds is 3. The van der Waals surface area contributed by atoms with Gasteiger partial charge in [0.1, 0.15) is 0 Å². The van der Waals surface area contributed by atoms with E-state index in [1.807, 2.05) is 6.07 Å². The Hall–Kier alpha value is -2.82. The molecule has 5 nitrogen and oxygen atoms in total. The van der Waals surface area contributed by atoms with Crippen molar-refractivity contribution in [2.24, 2.45) is 5.73 Å². The average molecular weight is 320 g/mol. The predicted molar refractivity (Wildman–Crippen MR) is 95.2 cm³/mol. The number of aromatic amines is 1. The summed E-state index contributed by atoms with van der Waals surface area (Å²) < 4.78 is 0. The SMILES string of the molecule is NC(=O)c1nc2ccc(N3CCC(c4ccccc4)CC3)cc2[nH]1. The first-order valence-electron chi connectivity index (χ1n) is 8.30. The van der Waals surface area contributed by atoms with Crippen LogP contribution in [0.15, 0.2) is 48.5 Å². The standard InChI is InChI=1S/C19H20N4O/c20-18(24)19-21-16-7-6-15(12-17(16)22-19)23-10-8-14(9-11-23)13-4-2-1-3-5-13/h1-7,12,14H,8-11H2,(H2,20,24)(H,21,22). The van der Waals surface area contributed by atoms with Crippen LogP contribution in [0, 0.1) is 0 Å². The van der Waals surface area contributed by atoms with Gasteiger partial charge in [0.2, 0.25) is 0 Å². The summed E-state index contributed by atoms with van der Waals surface area (Å²) in [5.41, 5.74) is 9.51. The van der Waals surface area contributed by atoms with Crippen LogP contribution in [0.1, 0.15) is 34.9 Å². The Kier molecular flexibility index (Phi) is 3.69. The second-order valence-corrected chi connectivity index (χ2v) is 6.32. The number of imidazole rings is 1. The molecule has 1 amide bonds. The largest absolute Gasteiger partial charge is 0.371 e. The number of H-pyrrole nitrogens is 1. The first-order valence-corrected chi connectivity index (χ1v) is 8.30. The van der Waals surface area contributed by atoms with E-state index >= 15 is 0 Å². The molecule has 1 aliphatic rings. The molecule has 0 aliphatic carbocycles. The number of primary amides is 1. The summed E-state index contributed by atoms with van der Waals surface area (Å²) in [6.45, 7) is 2.06. The molecule has 0 saturated carbocycles. The van der Waals surface area contributed by atoms with Crippen molar-refractivity contribution < 1.29 is 4.79 Å². The van der Waals surface area contributed by atoms with Crippen molar-refractivity contribution in [1.82, 2.24) is 9.97 Å². The molecule has 3 aromatic rings. The highest BCUT2D eigenvalue weighted by atomic mass is 16.1. The van der Waals surface area contributed by atoms with Crippen LogP contribution in [0.3, 0.4) is 0 Å². The quantitative estimate of drug-likeness (QED) is 0.779. The van der Waals surface area contributed by atoms with Crippen LogP contribution in [0.2, 0.25) is 0 Å². The molecule has 3 N–H and O–H groups in total. The highest BCUT2D eigenvalue weighted by molar-refractivity contribution is 5.93. The van der Waals surface area contributed by atoms with Crippen LogP contribution in [0.4, 0.5) is 5.69 Å². The van der Waals surface area contributed by atoms with E-state index in [0.29, 0.717) is 5.92 Å². The highest BCUT2D eigenvalue weighted by Crippen LogP contribution is 2.31. The molecule has 5 heteroatoms. The van der Waals surface area contributed by atoms with Crippen LogP contribution < -0.4 is 10.6 Å². The molecule has 1 saturated heterocycles. The van der Waals surface area contributed by atoms with E-state index in [9.17, 15) is 4.79 Å². The molecule has 4 rings (SSSR count). The minimum Gasteiger partial charge on any atom is -0.371 e. The fourth-order valence-electron chi connectivity index (χ4n) is 3.51. The zero-order chi connectivity index (χ0) is 16.5. The summed E-state index contributed by atoms with van der Waals surface area (Å²) in [5, 5.41) is 0. The van der Waals surface area contributed by atoms with Crippen molar-refractivity contribution >= 4 is 22.6 Å². The number of carbonyl (C=O) groups is 1. The second-order valence-electron chi connectivity index (χ2n) is 6.32. The van der Waals surface area contributed by atoms with Gasteiger partial charge in [0.05, 0.1) is 11.0 Å². The van der Waals surface area contributed by atoms with Gasteiger partial charge < -0.3 is 15.6 Å². The normalized spacial score (nSPS) is 15.8. The van der Waals surface area contributed by atoms with Crippen molar-refractivity contribution in [1.29, 1.82) is 0 Å². The highest BCUT2D eigenvalue weighted by Gasteiger charge is 2.21. The maximum absolute atomic E-state index is 11.2. The first kappa shape index (κ1) is 14.8. The topological polar surface area (TPSA) is 75.0 Å². The molecule has 122 valence electrons. The number of fused-ring (bicyclic) bond motifs is 1. The summed E-state index contributed by atoms with van der Waals surface area (Å²) in [6.07, 6.45) is 2.30. The summed E-state index contributed by atoms with van der Waals surface area (Å²) in [6, 6.07) is 16.8. The fraction of sp³-hybridized carbons (Fsp3) is 0.263. The van der Waals surface area contributed by atoms with Crippen molar-refractivity contribution in [3.8, 4) is 0 Å². The van der Waals surface area contributed by atoms with Gasteiger partial charge in [-0.05, 0) is 42.5 Å². The molecule has 0 spiro atoms. The lowest BCUT2D eigenvalue weighted by Crippen LogP contribution is -2.32. The summed E-state index contributed by atoms with van der Waals surface area (Å²) in [7, 11) is 0. The Morgan fingerprint density at radius 1 is 1.12 bits per heavy atom. The van der Waals surface area contributed by atoms with Gasteiger partial charge in [-0.15, -0.1) is 0 Å². The van der Waals surface area contributed by atoms with Gasteiger partial charge in [0.15, 0.2) is 5.82 Å². The van der Waals surface area contributed by atoms with Crippen LogP contribution in [-0.4, -0.2) is 29.0 Å². The van der Waals surface area contributed by atoms with Crippen molar-refractivity contribution in [2.75, 3.05) is 18.0 Å². The lowest BCUT2D eigenvalue weighted by atomic mass is 9.89. The molecule has 0 atom stereocenters. The molecule has 1 aliphatic heterocycles. The van der Waals surface area contributed by atoms with Crippen LogP contribution in [0.25, 0.3) is 11.0 Å². The summed E-state index contributed by atoms with van der Waals surface area (Å²) >= 11 is 0. The first-order chi connectivity index (χ1) is 11.7. The molecule has 1 aromatic heterocycles. The zero-order valence-electron chi connectivity index (χ0n) is 13.4. The molecule has 1 fully saturated rings. The molecule has 0 unspecified atom stereocenters. The Bertz CT molecular complexity index is 863. The maximum atomic E-state index is 11.2. The van der Waals surface area contributed by atoms with E-state index in [2.05, 4.69) is 57.3 Å². The lowest BCUT2D eigenvalue weighted by molar-refractivity contribution is 0.0991. The minimum absolute atomic E-state index is 0.213. The lowest BCUT2D eigenvalue weighted by Gasteiger charge is -2.33. The van der Waals surface area contributed by atoms with Crippen LogP contribution in [-0.2, 0) is 0 Å². The van der Waals surface area contributed by atoms with E-state index in [1.165, 1.54) is 5.56 Å². The van der Waals surface area contributed by atoms with E-state index in [0.717, 1.165) is 42.7 Å². The summed E-state index contributed by atoms with van der Waals surface area (Å²) in [4.78, 5) is 20.8. The molecule has 0 radical (unpaired) electrons. The number of amides is 1. The van der Waals surface area contributed by atoms with Crippen LogP contribution in [0.5, 0.6) is 0 Å². The fourth-order valence-corrected chi connectivity index (χ4v) is 3.51. The number of nitrogens with one attached hydrogen (secondary N) is 1. The average Bonchev–Trinajstić information content (AvgIpc) is 3.06. The maximum Gasteiger partial charge on any atom is 0.284 e. The number of hydrogen-bond donors (Lipinski definition) is 2. The number of aromatic nitrogens is 2. The van der Waals surface area contributed by atoms with E-state index in [4.69, 9.17) is 5.73 Å². The molecular weight excluding hydrogens is 300 g/mol. The second kappa shape index (κ2) is 6.00. The Morgan fingerprint density at radius 3 is 2.58 bits per heavy atom. The predicted octanol–water partition coefficient (Wildman–Crippen LogP) is 3.05. The van der Waals surface area contributed by atoms with Crippen molar-refractivity contribution in [3.05, 3.63) is 59.9 Å². The summed E-state index contributed by atoms with van der Waals surface area (Å²) in [5.74, 6) is 0.321. The number of anilines is 1. The van der Waals surface area contributed by atoms with Gasteiger partial charge in [-0.2, -0.15) is 0 Å². The van der Waals surface area contributed by atoms with Crippen molar-refractivity contribution in [2.45, 2.75) is 18.8 Å². The Labute approximate surface area is 140 Å². The monoisotopic (exact) mass is 320 g/mol. The van der Waals surface area contributed by atoms with E-state index in [1.54, 1.807) is 0 Å². The third-order valence-electron chi connectivity index (χ3n) is 4.83. The van der Waals surface area contributed by atoms with E-state index < -0.39 is 5.91 Å². The van der Waals surface area contributed by atoms with E-state index in [-0.39, 0.29) is 5.82 Å². The third-order valence-corrected chi connectivity index (χ3v) is 4.83. The molecule has 2 aromatic carbocycles. The molecule has 0 bridgehead atoms. The number of carbonyl (C=O) groups excluding carboxylic acids is 1. The van der Waals surface area contributed by atoms with Crippen molar-refractivity contribution in [3.63, 3.8) is 0 Å². The number of nitrogens with zero attached hydrogens (tertiary/aromatic N) is 2. The Balaban J connectivity index is 1.51. The molecule has 2 heterocycles. The number of hydrogen-bond acceptors (Lipinski definition) is 3. The van der Waals surface area contributed by atoms with Gasteiger partial charge >= 0.3 is 0 Å². The van der Waals surface area contributed by atoms with Gasteiger partial charge in [0.25, 0.3) is 5.91 Å². The zero-order valence-corrected chi connectivity index (χ0v) is 13.4. The van der Waals surface area contributed by atoms with Gasteiger partial charge in [-0.1, -0.05) is 30.3 Å². The van der Waals surface area contributed by atoms with Gasteiger partial charge in [0, 0.05) is 18.8 Å². The van der Waals surface area contributed by atoms with Gasteiger partial charge in [-0.25, -0.2) is 4.98 Å². The number of piperidine rings is 1. The number of benzene rings is 2. The smallest absolute Gasteiger partial charge is 0.284 e. The Morgan fingerprint density at radius 2 is 1.88 bits per heavy atom. The molecule has 24 heavy (non-hydrogen) atoms. The third kappa shape index (κ3) is 2.73.